The SMILES string of the molecule is CCCCCCC(C)Oc1ncccc1/C(N)=N/O. The second-order valence-electron chi connectivity index (χ2n) is 4.62. The Bertz CT molecular complexity index is 407. The first kappa shape index (κ1) is 15.3. The summed E-state index contributed by atoms with van der Waals surface area (Å²) in [6.07, 6.45) is 7.52. The van der Waals surface area contributed by atoms with Crippen molar-refractivity contribution in [3.05, 3.63) is 23.9 Å². The predicted octanol–water partition coefficient (Wildman–Crippen LogP) is 2.91. The Labute approximate surface area is 114 Å². The van der Waals surface area contributed by atoms with Gasteiger partial charge in [0, 0.05) is 6.20 Å². The number of oxime groups is 1. The number of nitrogens with two attached hydrogens (primary N) is 1. The van der Waals surface area contributed by atoms with Crippen LogP contribution in [0.25, 0.3) is 0 Å². The number of amidine groups is 1. The molecule has 1 aromatic rings. The Morgan fingerprint density at radius 1 is 1.47 bits per heavy atom. The highest BCUT2D eigenvalue weighted by Crippen LogP contribution is 2.17. The molecule has 0 bridgehead atoms. The normalized spacial score (nSPS) is 13.3. The van der Waals surface area contributed by atoms with E-state index in [1.54, 1.807) is 18.3 Å². The van der Waals surface area contributed by atoms with Crippen LogP contribution in [-0.2, 0) is 0 Å². The van der Waals surface area contributed by atoms with Crippen LogP contribution in [0.4, 0.5) is 0 Å². The molecule has 5 nitrogen and oxygen atoms in total. The van der Waals surface area contributed by atoms with E-state index < -0.39 is 0 Å². The lowest BCUT2D eigenvalue weighted by molar-refractivity contribution is 0.197. The van der Waals surface area contributed by atoms with Crippen molar-refractivity contribution < 1.29 is 9.94 Å². The quantitative estimate of drug-likeness (QED) is 0.249. The van der Waals surface area contributed by atoms with Gasteiger partial charge in [-0.25, -0.2) is 4.98 Å². The topological polar surface area (TPSA) is 80.7 Å². The van der Waals surface area contributed by atoms with Gasteiger partial charge >= 0.3 is 0 Å². The van der Waals surface area contributed by atoms with E-state index in [0.717, 1.165) is 12.8 Å². The molecule has 0 aromatic carbocycles. The summed E-state index contributed by atoms with van der Waals surface area (Å²) in [7, 11) is 0. The first-order valence-electron chi connectivity index (χ1n) is 6.78. The molecule has 1 unspecified atom stereocenters. The molecule has 1 heterocycles. The number of unbranched alkanes of at least 4 members (excludes halogenated alkanes) is 3. The number of rotatable bonds is 8. The molecule has 1 rings (SSSR count). The molecule has 19 heavy (non-hydrogen) atoms. The zero-order valence-corrected chi connectivity index (χ0v) is 11.7. The molecule has 1 atom stereocenters. The van der Waals surface area contributed by atoms with Crippen LogP contribution in [0.2, 0.25) is 0 Å². The summed E-state index contributed by atoms with van der Waals surface area (Å²) >= 11 is 0. The molecular formula is C14H23N3O2. The van der Waals surface area contributed by atoms with Crippen molar-refractivity contribution in [3.63, 3.8) is 0 Å². The van der Waals surface area contributed by atoms with Gasteiger partial charge in [0.1, 0.15) is 0 Å². The van der Waals surface area contributed by atoms with Gasteiger partial charge in [-0.2, -0.15) is 0 Å². The molecule has 1 aromatic heterocycles. The number of ether oxygens (including phenoxy) is 1. The lowest BCUT2D eigenvalue weighted by atomic mass is 10.1. The standard InChI is InChI=1S/C14H23N3O2/c1-3-4-5-6-8-11(2)19-14-12(13(15)17-18)9-7-10-16-14/h7,9-11,18H,3-6,8H2,1-2H3,(H2,15,17). The Morgan fingerprint density at radius 3 is 2.95 bits per heavy atom. The van der Waals surface area contributed by atoms with Crippen molar-refractivity contribution in [2.75, 3.05) is 0 Å². The molecule has 0 aliphatic rings. The maximum absolute atomic E-state index is 8.73. The summed E-state index contributed by atoms with van der Waals surface area (Å²) in [6.45, 7) is 4.20. The van der Waals surface area contributed by atoms with Crippen LogP contribution < -0.4 is 10.5 Å². The van der Waals surface area contributed by atoms with Crippen LogP contribution in [0, 0.1) is 0 Å². The second kappa shape index (κ2) is 8.34. The molecule has 5 heteroatoms. The van der Waals surface area contributed by atoms with Crippen LogP contribution in [0.1, 0.15) is 51.5 Å². The number of nitrogens with zero attached hydrogens (tertiary/aromatic N) is 2. The van der Waals surface area contributed by atoms with Gasteiger partial charge in [-0.1, -0.05) is 31.3 Å². The fraction of sp³-hybridized carbons (Fsp3) is 0.571. The third-order valence-electron chi connectivity index (χ3n) is 2.93. The lowest BCUT2D eigenvalue weighted by Gasteiger charge is -2.15. The van der Waals surface area contributed by atoms with Gasteiger partial charge in [-0.3, -0.25) is 0 Å². The minimum atomic E-state index is 0.0151. The van der Waals surface area contributed by atoms with Crippen molar-refractivity contribution in [1.82, 2.24) is 4.98 Å². The van der Waals surface area contributed by atoms with Gasteiger partial charge < -0.3 is 15.7 Å². The zero-order chi connectivity index (χ0) is 14.1. The van der Waals surface area contributed by atoms with E-state index in [4.69, 9.17) is 15.7 Å². The molecule has 0 aliphatic carbocycles. The molecule has 0 saturated carbocycles. The maximum Gasteiger partial charge on any atom is 0.224 e. The van der Waals surface area contributed by atoms with Crippen LogP contribution >= 0.6 is 0 Å². The van der Waals surface area contributed by atoms with Gasteiger partial charge in [0.25, 0.3) is 0 Å². The lowest BCUT2D eigenvalue weighted by Crippen LogP contribution is -2.19. The van der Waals surface area contributed by atoms with Crippen molar-refractivity contribution in [1.29, 1.82) is 0 Å². The van der Waals surface area contributed by atoms with Crippen molar-refractivity contribution in [2.24, 2.45) is 10.9 Å². The van der Waals surface area contributed by atoms with Crippen molar-refractivity contribution >= 4 is 5.84 Å². The Balaban J connectivity index is 2.56. The molecule has 3 N–H and O–H groups in total. The number of pyridine rings is 1. The fourth-order valence-corrected chi connectivity index (χ4v) is 1.84. The van der Waals surface area contributed by atoms with E-state index in [1.807, 2.05) is 6.92 Å². The minimum Gasteiger partial charge on any atom is -0.474 e. The molecule has 0 radical (unpaired) electrons. The Hall–Kier alpha value is -1.78. The van der Waals surface area contributed by atoms with Gasteiger partial charge in [0.05, 0.1) is 11.7 Å². The third-order valence-corrected chi connectivity index (χ3v) is 2.93. The summed E-state index contributed by atoms with van der Waals surface area (Å²) in [5.41, 5.74) is 6.11. The molecule has 0 spiro atoms. The molecular weight excluding hydrogens is 242 g/mol. The molecule has 0 fully saturated rings. The summed E-state index contributed by atoms with van der Waals surface area (Å²) in [5.74, 6) is 0.432. The highest BCUT2D eigenvalue weighted by atomic mass is 16.5. The van der Waals surface area contributed by atoms with E-state index >= 15 is 0 Å². The van der Waals surface area contributed by atoms with E-state index in [0.29, 0.717) is 11.4 Å². The highest BCUT2D eigenvalue weighted by Gasteiger charge is 2.12. The van der Waals surface area contributed by atoms with Gasteiger partial charge in [0.2, 0.25) is 5.88 Å². The zero-order valence-electron chi connectivity index (χ0n) is 11.7. The molecule has 0 saturated heterocycles. The van der Waals surface area contributed by atoms with Crippen molar-refractivity contribution in [2.45, 2.75) is 52.1 Å². The van der Waals surface area contributed by atoms with Crippen molar-refractivity contribution in [3.8, 4) is 5.88 Å². The van der Waals surface area contributed by atoms with Gasteiger partial charge in [-0.05, 0) is 31.9 Å². The largest absolute Gasteiger partial charge is 0.474 e. The van der Waals surface area contributed by atoms with Gasteiger partial charge in [-0.15, -0.1) is 0 Å². The predicted molar refractivity (Wildman–Crippen MR) is 75.6 cm³/mol. The van der Waals surface area contributed by atoms with Crippen LogP contribution in [0.15, 0.2) is 23.5 Å². The Morgan fingerprint density at radius 2 is 2.26 bits per heavy atom. The molecule has 106 valence electrons. The van der Waals surface area contributed by atoms with E-state index in [2.05, 4.69) is 17.1 Å². The van der Waals surface area contributed by atoms with E-state index in [1.165, 1.54) is 19.3 Å². The average Bonchev–Trinajstić information content (AvgIpc) is 2.43. The van der Waals surface area contributed by atoms with E-state index in [9.17, 15) is 0 Å². The summed E-state index contributed by atoms with van der Waals surface area (Å²) in [6, 6.07) is 3.45. The van der Waals surface area contributed by atoms with Gasteiger partial charge in [0.15, 0.2) is 5.84 Å². The summed E-state index contributed by atoms with van der Waals surface area (Å²) < 4.78 is 5.77. The first-order valence-corrected chi connectivity index (χ1v) is 6.78. The monoisotopic (exact) mass is 265 g/mol. The fourth-order valence-electron chi connectivity index (χ4n) is 1.84. The van der Waals surface area contributed by atoms with E-state index in [-0.39, 0.29) is 11.9 Å². The minimum absolute atomic E-state index is 0.0151. The maximum atomic E-state index is 8.73. The Kier molecular flexibility index (Phi) is 6.71. The average molecular weight is 265 g/mol. The highest BCUT2D eigenvalue weighted by molar-refractivity contribution is 5.98. The first-order chi connectivity index (χ1) is 9.19. The smallest absolute Gasteiger partial charge is 0.224 e. The summed E-state index contributed by atoms with van der Waals surface area (Å²) in [4.78, 5) is 4.14. The third kappa shape index (κ3) is 5.16. The van der Waals surface area contributed by atoms with Crippen LogP contribution in [0.5, 0.6) is 5.88 Å². The van der Waals surface area contributed by atoms with Crippen LogP contribution in [-0.4, -0.2) is 22.1 Å². The molecule has 0 amide bonds. The number of aromatic nitrogens is 1. The summed E-state index contributed by atoms with van der Waals surface area (Å²) in [5, 5.41) is 11.7. The van der Waals surface area contributed by atoms with Crippen LogP contribution in [0.3, 0.4) is 0 Å². The number of hydrogen-bond acceptors (Lipinski definition) is 4. The number of hydrogen-bond donors (Lipinski definition) is 2. The second-order valence-corrected chi connectivity index (χ2v) is 4.62. The molecule has 0 aliphatic heterocycles.